The maximum absolute atomic E-state index is 5.68. The second-order valence-corrected chi connectivity index (χ2v) is 2.47. The van der Waals surface area contributed by atoms with Crippen LogP contribution in [-0.4, -0.2) is 22.7 Å². The fourth-order valence-electron chi connectivity index (χ4n) is 0.507. The van der Waals surface area contributed by atoms with E-state index in [-0.39, 0.29) is 0 Å². The Morgan fingerprint density at radius 3 is 2.56 bits per heavy atom. The van der Waals surface area contributed by atoms with Crippen molar-refractivity contribution < 1.29 is 0 Å². The molecule has 0 unspecified atom stereocenters. The van der Waals surface area contributed by atoms with E-state index in [9.17, 15) is 0 Å². The topological polar surface area (TPSA) is 12.9 Å². The molecule has 0 bridgehead atoms. The standard InChI is InChI=1S/C5H2Cl2N.Li/c6-4-2-1-3-8-5(4)7;/h1,3H;. The van der Waals surface area contributed by atoms with Crippen molar-refractivity contribution in [2.75, 3.05) is 0 Å². The second-order valence-electron chi connectivity index (χ2n) is 1.73. The number of hydrogen-bond acceptors (Lipinski definition) is 1. The van der Waals surface area contributed by atoms with Crippen LogP contribution in [0.4, 0.5) is 0 Å². The molecule has 0 amide bonds. The van der Waals surface area contributed by atoms with E-state index in [4.69, 9.17) is 23.2 Å². The monoisotopic (exact) mass is 153 g/mol. The van der Waals surface area contributed by atoms with Crippen molar-refractivity contribution in [3.63, 3.8) is 0 Å². The first-order valence-electron chi connectivity index (χ1n) is 2.48. The van der Waals surface area contributed by atoms with Gasteiger partial charge in [-0.15, -0.1) is 0 Å². The Balaban J connectivity index is 3.25. The summed E-state index contributed by atoms with van der Waals surface area (Å²) in [5.74, 6) is 0. The Morgan fingerprint density at radius 1 is 1.44 bits per heavy atom. The Kier molecular flexibility index (Phi) is 2.43. The van der Waals surface area contributed by atoms with Gasteiger partial charge in [-0.2, -0.15) is 0 Å². The molecule has 4 heteroatoms. The number of pyridine rings is 1. The molecule has 1 aromatic heterocycles. The summed E-state index contributed by atoms with van der Waals surface area (Å²) in [5, 5.41) is 0.913. The normalized spacial score (nSPS) is 9.78. The minimum atomic E-state index is 0.372. The van der Waals surface area contributed by atoms with E-state index in [1.807, 2.05) is 23.8 Å². The van der Waals surface area contributed by atoms with E-state index in [1.165, 1.54) is 0 Å². The quantitative estimate of drug-likeness (QED) is 0.403. The summed E-state index contributed by atoms with van der Waals surface area (Å²) >= 11 is 13.1. The average Bonchev–Trinajstić information content (AvgIpc) is 1.83. The van der Waals surface area contributed by atoms with Crippen molar-refractivity contribution in [1.82, 2.24) is 4.98 Å². The molecule has 0 fully saturated rings. The van der Waals surface area contributed by atoms with Crippen molar-refractivity contribution in [2.45, 2.75) is 0 Å². The average molecular weight is 154 g/mol. The third kappa shape index (κ3) is 1.62. The summed E-state index contributed by atoms with van der Waals surface area (Å²) in [7, 11) is 0. The van der Waals surface area contributed by atoms with Crippen LogP contribution in [0, 0.1) is 0 Å². The van der Waals surface area contributed by atoms with Gasteiger partial charge in [0.25, 0.3) is 0 Å². The summed E-state index contributed by atoms with van der Waals surface area (Å²) in [6, 6.07) is 1.81. The predicted octanol–water partition coefficient (Wildman–Crippen LogP) is 1.18. The molecule has 9 heavy (non-hydrogen) atoms. The predicted molar refractivity (Wildman–Crippen MR) is 39.6 cm³/mol. The molecule has 1 rings (SSSR count). The summed E-state index contributed by atoms with van der Waals surface area (Å²) in [6.45, 7) is 0. The minimum absolute atomic E-state index is 0.372. The SMILES string of the molecule is [Li][c]1ccnc(Cl)c1Cl. The van der Waals surface area contributed by atoms with Gasteiger partial charge < -0.3 is 0 Å². The number of rotatable bonds is 0. The van der Waals surface area contributed by atoms with Gasteiger partial charge >= 0.3 is 72.6 Å². The van der Waals surface area contributed by atoms with Crippen LogP contribution < -0.4 is 4.24 Å². The van der Waals surface area contributed by atoms with Crippen LogP contribution in [0.2, 0.25) is 10.2 Å². The Morgan fingerprint density at radius 2 is 2.11 bits per heavy atom. The van der Waals surface area contributed by atoms with Gasteiger partial charge in [0.05, 0.1) is 0 Å². The number of aromatic nitrogens is 1. The van der Waals surface area contributed by atoms with Crippen LogP contribution in [0.25, 0.3) is 0 Å². The maximum atomic E-state index is 5.68. The van der Waals surface area contributed by atoms with Crippen molar-refractivity contribution in [3.8, 4) is 0 Å². The zero-order valence-electron chi connectivity index (χ0n) is 4.86. The van der Waals surface area contributed by atoms with Crippen LogP contribution in [-0.2, 0) is 0 Å². The Bertz CT molecular complexity index is 206. The summed E-state index contributed by atoms with van der Waals surface area (Å²) < 4.78 is 0.955. The van der Waals surface area contributed by atoms with Gasteiger partial charge in [0.15, 0.2) is 0 Å². The molecule has 0 aliphatic carbocycles. The van der Waals surface area contributed by atoms with Gasteiger partial charge in [-0.25, -0.2) is 0 Å². The summed E-state index contributed by atoms with van der Waals surface area (Å²) in [5.41, 5.74) is 0. The summed E-state index contributed by atoms with van der Waals surface area (Å²) in [6.07, 6.45) is 1.63. The van der Waals surface area contributed by atoms with E-state index in [1.54, 1.807) is 6.20 Å². The molecule has 1 heterocycles. The molecule has 42 valence electrons. The molecule has 0 radical (unpaired) electrons. The first-order valence-corrected chi connectivity index (χ1v) is 3.24. The molecule has 0 saturated carbocycles. The number of nitrogens with zero attached hydrogens (tertiary/aromatic N) is 1. The van der Waals surface area contributed by atoms with Crippen LogP contribution in [0.1, 0.15) is 0 Å². The summed E-state index contributed by atoms with van der Waals surface area (Å²) in [4.78, 5) is 3.77. The third-order valence-electron chi connectivity index (χ3n) is 1.04. The van der Waals surface area contributed by atoms with Crippen LogP contribution in [0.15, 0.2) is 12.3 Å². The molecule has 0 N–H and O–H groups in total. The van der Waals surface area contributed by atoms with E-state index in [0.717, 1.165) is 4.24 Å². The molecule has 1 aromatic rings. The van der Waals surface area contributed by atoms with Gasteiger partial charge in [-0.1, -0.05) is 0 Å². The van der Waals surface area contributed by atoms with Gasteiger partial charge in [0.1, 0.15) is 0 Å². The van der Waals surface area contributed by atoms with E-state index in [0.29, 0.717) is 10.2 Å². The van der Waals surface area contributed by atoms with Crippen molar-refractivity contribution in [3.05, 3.63) is 22.4 Å². The van der Waals surface area contributed by atoms with E-state index in [2.05, 4.69) is 4.98 Å². The molecular weight excluding hydrogens is 152 g/mol. The number of halogens is 2. The molecule has 0 saturated heterocycles. The second kappa shape index (κ2) is 2.94. The van der Waals surface area contributed by atoms with Crippen molar-refractivity contribution in [2.24, 2.45) is 0 Å². The fraction of sp³-hybridized carbons (Fsp3) is 0. The zero-order chi connectivity index (χ0) is 6.85. The first kappa shape index (κ1) is 7.43. The van der Waals surface area contributed by atoms with Gasteiger partial charge in [0.2, 0.25) is 0 Å². The molecule has 0 aliphatic rings. The van der Waals surface area contributed by atoms with Crippen LogP contribution >= 0.6 is 23.2 Å². The molecular formula is C5H2Cl2LiN. The van der Waals surface area contributed by atoms with Gasteiger partial charge in [-0.05, 0) is 0 Å². The van der Waals surface area contributed by atoms with Crippen LogP contribution in [0.5, 0.6) is 0 Å². The molecule has 0 atom stereocenters. The molecule has 0 spiro atoms. The van der Waals surface area contributed by atoms with Gasteiger partial charge in [0, 0.05) is 0 Å². The van der Waals surface area contributed by atoms with Gasteiger partial charge in [-0.3, -0.25) is 0 Å². The molecule has 0 aliphatic heterocycles. The molecule has 0 aromatic carbocycles. The first-order chi connectivity index (χ1) is 4.22. The third-order valence-corrected chi connectivity index (χ3v) is 1.90. The Labute approximate surface area is 72.6 Å². The van der Waals surface area contributed by atoms with Crippen LogP contribution in [0.3, 0.4) is 0 Å². The van der Waals surface area contributed by atoms with E-state index >= 15 is 0 Å². The Hall–Kier alpha value is 0.327. The zero-order valence-corrected chi connectivity index (χ0v) is 6.37. The molecule has 1 nitrogen and oxygen atoms in total. The van der Waals surface area contributed by atoms with Crippen molar-refractivity contribution >= 4 is 45.2 Å². The van der Waals surface area contributed by atoms with Crippen molar-refractivity contribution in [1.29, 1.82) is 0 Å². The van der Waals surface area contributed by atoms with E-state index < -0.39 is 0 Å². The fourth-order valence-corrected chi connectivity index (χ4v) is 0.824. The number of hydrogen-bond donors (Lipinski definition) is 0.